The van der Waals surface area contributed by atoms with Crippen molar-refractivity contribution in [2.24, 2.45) is 0 Å². The Kier molecular flexibility index (Phi) is 4.22. The van der Waals surface area contributed by atoms with Crippen LogP contribution in [0.1, 0.15) is 17.0 Å². The van der Waals surface area contributed by atoms with Gasteiger partial charge in [0, 0.05) is 0 Å². The van der Waals surface area contributed by atoms with Crippen molar-refractivity contribution in [2.45, 2.75) is 26.6 Å². The van der Waals surface area contributed by atoms with E-state index in [1.165, 1.54) is 4.57 Å². The van der Waals surface area contributed by atoms with Crippen LogP contribution in [0.2, 0.25) is 0 Å². The molecule has 3 nitrogen and oxygen atoms in total. The molecule has 24 heavy (non-hydrogen) atoms. The lowest BCUT2D eigenvalue weighted by atomic mass is 10.1. The van der Waals surface area contributed by atoms with Crippen LogP contribution in [-0.2, 0) is 12.7 Å². The molecule has 6 heteroatoms. The van der Waals surface area contributed by atoms with Gasteiger partial charge in [-0.05, 0) is 37.1 Å². The van der Waals surface area contributed by atoms with Crippen LogP contribution in [0.25, 0.3) is 11.0 Å². The number of aryl methyl sites for hydroxylation is 2. The number of aromatic nitrogens is 2. The molecule has 3 aromatic rings. The van der Waals surface area contributed by atoms with Gasteiger partial charge in [0.2, 0.25) is 5.82 Å². The lowest BCUT2D eigenvalue weighted by molar-refractivity contribution is -0.147. The van der Waals surface area contributed by atoms with Gasteiger partial charge in [0.05, 0.1) is 17.6 Å². The summed E-state index contributed by atoms with van der Waals surface area (Å²) in [6.45, 7) is 4.03. The first-order valence-electron chi connectivity index (χ1n) is 7.59. The molecule has 0 N–H and O–H groups in total. The number of halogens is 3. The molecule has 0 spiro atoms. The van der Waals surface area contributed by atoms with Crippen LogP contribution in [-0.4, -0.2) is 16.2 Å². The smallest absolute Gasteiger partial charge is 0.449 e. The summed E-state index contributed by atoms with van der Waals surface area (Å²) in [4.78, 5) is 3.73. The molecule has 126 valence electrons. The second kappa shape index (κ2) is 6.19. The second-order valence-electron chi connectivity index (χ2n) is 5.64. The first kappa shape index (κ1) is 16.4. The SMILES string of the molecule is Cc1cccc(C)c1OCCn1c(C(F)(F)F)nc2ccccc21. The highest BCUT2D eigenvalue weighted by Gasteiger charge is 2.37. The fourth-order valence-electron chi connectivity index (χ4n) is 2.78. The zero-order chi connectivity index (χ0) is 17.3. The molecule has 0 bridgehead atoms. The molecule has 2 aromatic carbocycles. The Bertz CT molecular complexity index is 848. The van der Waals surface area contributed by atoms with E-state index in [4.69, 9.17) is 4.74 Å². The maximum absolute atomic E-state index is 13.2. The standard InChI is InChI=1S/C18H17F3N2O/c1-12-6-5-7-13(2)16(12)24-11-10-23-15-9-4-3-8-14(15)22-17(23)18(19,20)21/h3-9H,10-11H2,1-2H3. The summed E-state index contributed by atoms with van der Waals surface area (Å²) in [5.74, 6) is -0.177. The third kappa shape index (κ3) is 3.09. The number of benzene rings is 2. The van der Waals surface area contributed by atoms with Gasteiger partial charge >= 0.3 is 6.18 Å². The van der Waals surface area contributed by atoms with Gasteiger partial charge in [0.15, 0.2) is 0 Å². The van der Waals surface area contributed by atoms with Gasteiger partial charge in [-0.25, -0.2) is 4.98 Å². The number of alkyl halides is 3. The van der Waals surface area contributed by atoms with Gasteiger partial charge in [-0.2, -0.15) is 13.2 Å². The molecule has 0 saturated heterocycles. The molecular weight excluding hydrogens is 317 g/mol. The summed E-state index contributed by atoms with van der Waals surface area (Å²) in [5, 5.41) is 0. The highest BCUT2D eigenvalue weighted by molar-refractivity contribution is 5.76. The summed E-state index contributed by atoms with van der Waals surface area (Å²) in [6.07, 6.45) is -4.50. The highest BCUT2D eigenvalue weighted by atomic mass is 19.4. The van der Waals surface area contributed by atoms with Crippen molar-refractivity contribution in [1.82, 2.24) is 9.55 Å². The molecule has 1 aromatic heterocycles. The molecule has 0 aliphatic carbocycles. The number of nitrogens with zero attached hydrogens (tertiary/aromatic N) is 2. The Morgan fingerprint density at radius 3 is 2.33 bits per heavy atom. The van der Waals surface area contributed by atoms with Crippen LogP contribution < -0.4 is 4.74 Å². The lowest BCUT2D eigenvalue weighted by Gasteiger charge is -2.14. The normalized spacial score (nSPS) is 11.9. The van der Waals surface area contributed by atoms with Crippen LogP contribution in [0.15, 0.2) is 42.5 Å². The zero-order valence-corrected chi connectivity index (χ0v) is 13.4. The predicted octanol–water partition coefficient (Wildman–Crippen LogP) is 4.75. The first-order valence-corrected chi connectivity index (χ1v) is 7.59. The Balaban J connectivity index is 1.87. The van der Waals surface area contributed by atoms with Gasteiger partial charge < -0.3 is 9.30 Å². The summed E-state index contributed by atoms with van der Waals surface area (Å²) < 4.78 is 46.6. The molecule has 1 heterocycles. The number of para-hydroxylation sites is 3. The molecular formula is C18H17F3N2O. The molecule has 0 saturated carbocycles. The maximum atomic E-state index is 13.2. The van der Waals surface area contributed by atoms with Crippen LogP contribution in [0, 0.1) is 13.8 Å². The second-order valence-corrected chi connectivity index (χ2v) is 5.64. The summed E-state index contributed by atoms with van der Waals surface area (Å²) >= 11 is 0. The predicted molar refractivity (Wildman–Crippen MR) is 86.1 cm³/mol. The van der Waals surface area contributed by atoms with Crippen LogP contribution in [0.3, 0.4) is 0 Å². The van der Waals surface area contributed by atoms with E-state index in [9.17, 15) is 13.2 Å². The Morgan fingerprint density at radius 2 is 1.67 bits per heavy atom. The molecule has 0 aliphatic rings. The van der Waals surface area contributed by atoms with Crippen molar-refractivity contribution in [3.05, 3.63) is 59.4 Å². The van der Waals surface area contributed by atoms with E-state index in [1.807, 2.05) is 32.0 Å². The number of hydrogen-bond acceptors (Lipinski definition) is 2. The molecule has 3 rings (SSSR count). The van der Waals surface area contributed by atoms with Crippen molar-refractivity contribution in [2.75, 3.05) is 6.61 Å². The molecule has 0 aliphatic heterocycles. The van der Waals surface area contributed by atoms with E-state index in [1.54, 1.807) is 24.3 Å². The number of rotatable bonds is 4. The summed E-state index contributed by atoms with van der Waals surface area (Å²) in [6, 6.07) is 12.3. The third-order valence-electron chi connectivity index (χ3n) is 3.88. The minimum absolute atomic E-state index is 0.0726. The van der Waals surface area contributed by atoms with E-state index in [0.29, 0.717) is 11.0 Å². The fourth-order valence-corrected chi connectivity index (χ4v) is 2.78. The van der Waals surface area contributed by atoms with Crippen molar-refractivity contribution in [1.29, 1.82) is 0 Å². The molecule has 0 unspecified atom stereocenters. The van der Waals surface area contributed by atoms with Crippen molar-refractivity contribution in [3.63, 3.8) is 0 Å². The largest absolute Gasteiger partial charge is 0.491 e. The van der Waals surface area contributed by atoms with Gasteiger partial charge in [0.1, 0.15) is 12.4 Å². The highest BCUT2D eigenvalue weighted by Crippen LogP contribution is 2.31. The molecule has 0 amide bonds. The number of ether oxygens (including phenoxy) is 1. The Morgan fingerprint density at radius 1 is 1.00 bits per heavy atom. The number of imidazole rings is 1. The average molecular weight is 334 g/mol. The van der Waals surface area contributed by atoms with E-state index in [0.717, 1.165) is 16.9 Å². The minimum Gasteiger partial charge on any atom is -0.491 e. The molecule has 0 atom stereocenters. The van der Waals surface area contributed by atoms with Gasteiger partial charge in [-0.15, -0.1) is 0 Å². The Labute approximate surface area is 137 Å². The van der Waals surface area contributed by atoms with E-state index in [2.05, 4.69) is 4.98 Å². The van der Waals surface area contributed by atoms with Crippen LogP contribution in [0.4, 0.5) is 13.2 Å². The van der Waals surface area contributed by atoms with E-state index >= 15 is 0 Å². The topological polar surface area (TPSA) is 27.1 Å². The number of fused-ring (bicyclic) bond motifs is 1. The lowest BCUT2D eigenvalue weighted by Crippen LogP contribution is -2.18. The third-order valence-corrected chi connectivity index (χ3v) is 3.88. The Hall–Kier alpha value is -2.50. The monoisotopic (exact) mass is 334 g/mol. The van der Waals surface area contributed by atoms with Crippen molar-refractivity contribution in [3.8, 4) is 5.75 Å². The quantitative estimate of drug-likeness (QED) is 0.688. The fraction of sp³-hybridized carbons (Fsp3) is 0.278. The summed E-state index contributed by atoms with van der Waals surface area (Å²) in [5.41, 5.74) is 2.70. The van der Waals surface area contributed by atoms with Gasteiger partial charge in [-0.1, -0.05) is 30.3 Å². The van der Waals surface area contributed by atoms with E-state index in [-0.39, 0.29) is 13.2 Å². The van der Waals surface area contributed by atoms with Gasteiger partial charge in [0.25, 0.3) is 0 Å². The minimum atomic E-state index is -4.50. The van der Waals surface area contributed by atoms with Crippen LogP contribution in [0.5, 0.6) is 5.75 Å². The van der Waals surface area contributed by atoms with Gasteiger partial charge in [-0.3, -0.25) is 0 Å². The summed E-state index contributed by atoms with van der Waals surface area (Å²) in [7, 11) is 0. The van der Waals surface area contributed by atoms with Crippen molar-refractivity contribution < 1.29 is 17.9 Å². The average Bonchev–Trinajstić information content (AvgIpc) is 2.89. The van der Waals surface area contributed by atoms with Crippen LogP contribution >= 0.6 is 0 Å². The van der Waals surface area contributed by atoms with E-state index < -0.39 is 12.0 Å². The number of hydrogen-bond donors (Lipinski definition) is 0. The molecule has 0 fully saturated rings. The molecule has 0 radical (unpaired) electrons. The first-order chi connectivity index (χ1) is 11.4. The van der Waals surface area contributed by atoms with Crippen molar-refractivity contribution >= 4 is 11.0 Å². The zero-order valence-electron chi connectivity index (χ0n) is 13.4. The maximum Gasteiger partial charge on any atom is 0.449 e.